The van der Waals surface area contributed by atoms with Crippen molar-refractivity contribution in [3.05, 3.63) is 62.6 Å². The van der Waals surface area contributed by atoms with Gasteiger partial charge in [0.2, 0.25) is 11.8 Å². The minimum atomic E-state index is -0.404. The molecule has 11 heteroatoms. The molecule has 0 radical (unpaired) electrons. The van der Waals surface area contributed by atoms with E-state index in [0.717, 1.165) is 0 Å². The fourth-order valence-electron chi connectivity index (χ4n) is 3.57. The smallest absolute Gasteiger partial charge is 0.292 e. The van der Waals surface area contributed by atoms with Crippen molar-refractivity contribution in [1.29, 1.82) is 0 Å². The molecule has 2 N–H and O–H groups in total. The van der Waals surface area contributed by atoms with Gasteiger partial charge in [-0.15, -0.1) is 0 Å². The third kappa shape index (κ3) is 6.97. The number of nitro benzene ring substituents is 1. The largest absolute Gasteiger partial charge is 0.492 e. The number of anilines is 1. The van der Waals surface area contributed by atoms with E-state index in [9.17, 15) is 19.7 Å². The lowest BCUT2D eigenvalue weighted by atomic mass is 9.95. The maximum atomic E-state index is 12.4. The van der Waals surface area contributed by atoms with Crippen molar-refractivity contribution in [2.75, 3.05) is 24.6 Å². The summed E-state index contributed by atoms with van der Waals surface area (Å²) in [5, 5.41) is 12.1. The van der Waals surface area contributed by atoms with Crippen LogP contribution in [0.4, 0.5) is 11.4 Å². The first-order valence-electron chi connectivity index (χ1n) is 10.5. The van der Waals surface area contributed by atoms with Crippen LogP contribution in [0.2, 0.25) is 10.0 Å². The van der Waals surface area contributed by atoms with Gasteiger partial charge in [-0.25, -0.2) is 0 Å². The van der Waals surface area contributed by atoms with Crippen LogP contribution in [0.3, 0.4) is 0 Å². The molecule has 176 valence electrons. The summed E-state index contributed by atoms with van der Waals surface area (Å²) in [6.07, 6.45) is 1.67. The number of carbonyl (C=O) groups is 2. The van der Waals surface area contributed by atoms with Gasteiger partial charge in [-0.1, -0.05) is 35.3 Å². The van der Waals surface area contributed by atoms with Crippen molar-refractivity contribution in [2.24, 2.45) is 5.92 Å². The predicted octanol–water partition coefficient (Wildman–Crippen LogP) is 4.12. The average Bonchev–Trinajstić information content (AvgIpc) is 2.81. The summed E-state index contributed by atoms with van der Waals surface area (Å²) in [5.41, 5.74) is 5.50. The quantitative estimate of drug-likeness (QED) is 0.324. The molecule has 1 heterocycles. The number of nitro groups is 1. The van der Waals surface area contributed by atoms with Gasteiger partial charge in [0.15, 0.2) is 0 Å². The van der Waals surface area contributed by atoms with Gasteiger partial charge in [0.25, 0.3) is 5.69 Å². The first-order chi connectivity index (χ1) is 15.8. The number of amides is 2. The Labute approximate surface area is 201 Å². The number of nitrogens with zero attached hydrogens (tertiary/aromatic N) is 2. The van der Waals surface area contributed by atoms with E-state index >= 15 is 0 Å². The molecular formula is C22H24Cl2N4O5. The van der Waals surface area contributed by atoms with Crippen LogP contribution < -0.4 is 20.5 Å². The van der Waals surface area contributed by atoms with Crippen LogP contribution in [0.25, 0.3) is 0 Å². The minimum Gasteiger partial charge on any atom is -0.492 e. The van der Waals surface area contributed by atoms with Crippen LogP contribution in [0, 0.1) is 16.0 Å². The molecule has 9 nitrogen and oxygen atoms in total. The summed E-state index contributed by atoms with van der Waals surface area (Å²) in [7, 11) is 0. The zero-order chi connectivity index (χ0) is 23.8. The number of piperidine rings is 1. The third-order valence-electron chi connectivity index (χ3n) is 5.31. The Hall–Kier alpha value is -3.04. The second-order valence-corrected chi connectivity index (χ2v) is 8.41. The van der Waals surface area contributed by atoms with E-state index in [1.807, 2.05) is 4.90 Å². The van der Waals surface area contributed by atoms with Crippen LogP contribution in [0.5, 0.6) is 5.75 Å². The van der Waals surface area contributed by atoms with E-state index in [1.165, 1.54) is 6.07 Å². The number of halogens is 2. The number of rotatable bonds is 8. The monoisotopic (exact) mass is 494 g/mol. The number of carbonyl (C=O) groups excluding carboxylic acids is 2. The van der Waals surface area contributed by atoms with E-state index in [4.69, 9.17) is 27.9 Å². The van der Waals surface area contributed by atoms with Crippen LogP contribution in [0.1, 0.15) is 25.7 Å². The first-order valence-corrected chi connectivity index (χ1v) is 11.3. The Morgan fingerprint density at radius 3 is 2.55 bits per heavy atom. The average molecular weight is 495 g/mol. The van der Waals surface area contributed by atoms with Crippen LogP contribution in [0.15, 0.2) is 42.5 Å². The van der Waals surface area contributed by atoms with Gasteiger partial charge in [-0.05, 0) is 43.5 Å². The second-order valence-electron chi connectivity index (χ2n) is 7.57. The molecular weight excluding hydrogens is 471 g/mol. The molecule has 0 atom stereocenters. The molecule has 1 saturated heterocycles. The molecule has 0 unspecified atom stereocenters. The summed E-state index contributed by atoms with van der Waals surface area (Å²) in [4.78, 5) is 37.1. The summed E-state index contributed by atoms with van der Waals surface area (Å²) in [5.74, 6) is -0.386. The lowest BCUT2D eigenvalue weighted by Crippen LogP contribution is -2.47. The zero-order valence-electron chi connectivity index (χ0n) is 17.8. The zero-order valence-corrected chi connectivity index (χ0v) is 19.3. The second kappa shape index (κ2) is 11.7. The van der Waals surface area contributed by atoms with Gasteiger partial charge < -0.3 is 9.64 Å². The van der Waals surface area contributed by atoms with Crippen molar-refractivity contribution in [1.82, 2.24) is 10.9 Å². The van der Waals surface area contributed by atoms with E-state index in [1.54, 1.807) is 36.4 Å². The van der Waals surface area contributed by atoms with Crippen molar-refractivity contribution < 1.29 is 19.2 Å². The van der Waals surface area contributed by atoms with E-state index in [2.05, 4.69) is 10.9 Å². The summed E-state index contributed by atoms with van der Waals surface area (Å²) < 4.78 is 5.53. The molecule has 0 saturated carbocycles. The number of benzene rings is 2. The fourth-order valence-corrected chi connectivity index (χ4v) is 4.03. The number of hydrazine groups is 1. The Morgan fingerprint density at radius 1 is 1.12 bits per heavy atom. The van der Waals surface area contributed by atoms with Crippen molar-refractivity contribution in [3.63, 3.8) is 0 Å². The van der Waals surface area contributed by atoms with E-state index < -0.39 is 4.92 Å². The van der Waals surface area contributed by atoms with Gasteiger partial charge in [0.1, 0.15) is 11.4 Å². The summed E-state index contributed by atoms with van der Waals surface area (Å²) >= 11 is 11.9. The third-order valence-corrected chi connectivity index (χ3v) is 5.84. The predicted molar refractivity (Wildman–Crippen MR) is 126 cm³/mol. The number of hydrogen-bond donors (Lipinski definition) is 2. The normalized spacial score (nSPS) is 13.9. The molecule has 3 rings (SSSR count). The van der Waals surface area contributed by atoms with Crippen molar-refractivity contribution in [2.45, 2.75) is 25.7 Å². The van der Waals surface area contributed by atoms with Gasteiger partial charge in [-0.3, -0.25) is 30.6 Å². The molecule has 0 bridgehead atoms. The SMILES string of the molecule is O=C(CCCOc1ccc(Cl)cc1Cl)NNC(=O)C1CCN(c2ccccc2[N+](=O)[O-])CC1. The number of nitrogens with one attached hydrogen (secondary N) is 2. The van der Waals surface area contributed by atoms with Gasteiger partial charge in [0, 0.05) is 36.5 Å². The molecule has 2 aromatic rings. The first kappa shape index (κ1) is 24.6. The molecule has 2 amide bonds. The molecule has 1 aliphatic rings. The van der Waals surface area contributed by atoms with Crippen LogP contribution in [-0.2, 0) is 9.59 Å². The van der Waals surface area contributed by atoms with Crippen molar-refractivity contribution >= 4 is 46.4 Å². The summed E-state index contributed by atoms with van der Waals surface area (Å²) in [6.45, 7) is 1.32. The highest BCUT2D eigenvalue weighted by molar-refractivity contribution is 6.35. The van der Waals surface area contributed by atoms with Crippen molar-refractivity contribution in [3.8, 4) is 5.75 Å². The van der Waals surface area contributed by atoms with Gasteiger partial charge >= 0.3 is 0 Å². The fraction of sp³-hybridized carbons (Fsp3) is 0.364. The molecule has 2 aromatic carbocycles. The van der Waals surface area contributed by atoms with Gasteiger partial charge in [-0.2, -0.15) is 0 Å². The Kier molecular flexibility index (Phi) is 8.73. The number of hydrogen-bond acceptors (Lipinski definition) is 6. The molecule has 0 spiro atoms. The highest BCUT2D eigenvalue weighted by Gasteiger charge is 2.28. The van der Waals surface area contributed by atoms with Crippen LogP contribution >= 0.6 is 23.2 Å². The maximum Gasteiger partial charge on any atom is 0.292 e. The summed E-state index contributed by atoms with van der Waals surface area (Å²) in [6, 6.07) is 11.5. The molecule has 33 heavy (non-hydrogen) atoms. The molecule has 1 aliphatic heterocycles. The van der Waals surface area contributed by atoms with E-state index in [0.29, 0.717) is 53.8 Å². The number of para-hydroxylation sites is 2. The van der Waals surface area contributed by atoms with E-state index in [-0.39, 0.29) is 36.4 Å². The highest BCUT2D eigenvalue weighted by Crippen LogP contribution is 2.31. The Morgan fingerprint density at radius 2 is 1.85 bits per heavy atom. The molecule has 0 aliphatic carbocycles. The molecule has 1 fully saturated rings. The maximum absolute atomic E-state index is 12.4. The Balaban J connectivity index is 1.35. The topological polar surface area (TPSA) is 114 Å². The van der Waals surface area contributed by atoms with Gasteiger partial charge in [0.05, 0.1) is 16.6 Å². The highest BCUT2D eigenvalue weighted by atomic mass is 35.5. The number of ether oxygens (including phenoxy) is 1. The lowest BCUT2D eigenvalue weighted by molar-refractivity contribution is -0.384. The minimum absolute atomic E-state index is 0.0509. The molecule has 0 aromatic heterocycles. The lowest BCUT2D eigenvalue weighted by Gasteiger charge is -2.32. The van der Waals surface area contributed by atoms with Crippen LogP contribution in [-0.4, -0.2) is 36.4 Å². The standard InChI is InChI=1S/C22H24Cl2N4O5/c23-16-7-8-20(17(24)14-16)33-13-3-6-21(29)25-26-22(30)15-9-11-27(12-10-15)18-4-1-2-5-19(18)28(31)32/h1-2,4-5,7-8,14-15H,3,6,9-13H2,(H,25,29)(H,26,30). The Bertz CT molecular complexity index is 1010.